The predicted molar refractivity (Wildman–Crippen MR) is 45.4 cm³/mol. The molecule has 0 aliphatic rings. The summed E-state index contributed by atoms with van der Waals surface area (Å²) in [5, 5.41) is 7.75. The van der Waals surface area contributed by atoms with Crippen LogP contribution in [0, 0.1) is 6.92 Å². The fourth-order valence-corrected chi connectivity index (χ4v) is 1.34. The molecule has 0 spiro atoms. The lowest BCUT2D eigenvalue weighted by Gasteiger charge is -1.92. The van der Waals surface area contributed by atoms with Gasteiger partial charge in [-0.3, -0.25) is 0 Å². The van der Waals surface area contributed by atoms with Gasteiger partial charge < -0.3 is 0 Å². The van der Waals surface area contributed by atoms with E-state index in [9.17, 15) is 0 Å². The average molecular weight is 212 g/mol. The van der Waals surface area contributed by atoms with Gasteiger partial charge in [0.15, 0.2) is 4.60 Å². The van der Waals surface area contributed by atoms with E-state index in [-0.39, 0.29) is 0 Å². The largest absolute Gasteiger partial charge is 0.220 e. The molecule has 4 heteroatoms. The monoisotopic (exact) mass is 211 g/mol. The molecule has 2 aromatic rings. The maximum absolute atomic E-state index is 3.88. The topological polar surface area (TPSA) is 30.2 Å². The molecule has 0 aromatic carbocycles. The highest BCUT2D eigenvalue weighted by Gasteiger charge is 2.00. The van der Waals surface area contributed by atoms with Crippen molar-refractivity contribution in [2.75, 3.05) is 0 Å². The van der Waals surface area contributed by atoms with Gasteiger partial charge in [0, 0.05) is 6.20 Å². The molecule has 2 rings (SSSR count). The summed E-state index contributed by atoms with van der Waals surface area (Å²) in [7, 11) is 0. The van der Waals surface area contributed by atoms with Crippen LogP contribution in [0.4, 0.5) is 0 Å². The zero-order valence-electron chi connectivity index (χ0n) is 5.95. The summed E-state index contributed by atoms with van der Waals surface area (Å²) in [6.45, 7) is 2.04. The van der Waals surface area contributed by atoms with Crippen molar-refractivity contribution in [3.05, 3.63) is 28.5 Å². The van der Waals surface area contributed by atoms with Gasteiger partial charge in [-0.05, 0) is 40.5 Å². The minimum atomic E-state index is 0.793. The number of hydrogen-bond acceptors (Lipinski definition) is 2. The van der Waals surface area contributed by atoms with E-state index in [1.54, 1.807) is 4.52 Å². The third-order valence-corrected chi connectivity index (χ3v) is 2.09. The van der Waals surface area contributed by atoms with Crippen molar-refractivity contribution in [3.8, 4) is 0 Å². The Kier molecular flexibility index (Phi) is 1.42. The van der Waals surface area contributed by atoms with E-state index in [1.165, 1.54) is 5.56 Å². The second-order valence-electron chi connectivity index (χ2n) is 2.41. The van der Waals surface area contributed by atoms with Gasteiger partial charge in [-0.15, -0.1) is 5.10 Å². The molecule has 0 fully saturated rings. The van der Waals surface area contributed by atoms with Gasteiger partial charge >= 0.3 is 0 Å². The van der Waals surface area contributed by atoms with Gasteiger partial charge in [-0.2, -0.15) is 0 Å². The third-order valence-electron chi connectivity index (χ3n) is 1.53. The Morgan fingerprint density at radius 3 is 3.18 bits per heavy atom. The molecule has 3 nitrogen and oxygen atoms in total. The molecule has 2 aromatic heterocycles. The van der Waals surface area contributed by atoms with Crippen LogP contribution in [0.2, 0.25) is 0 Å². The molecule has 0 unspecified atom stereocenters. The summed E-state index contributed by atoms with van der Waals surface area (Å²) >= 11 is 3.31. The Hall–Kier alpha value is -0.900. The molecule has 0 saturated heterocycles. The van der Waals surface area contributed by atoms with E-state index >= 15 is 0 Å². The highest BCUT2D eigenvalue weighted by molar-refractivity contribution is 9.10. The molecule has 0 aliphatic heterocycles. The number of rotatable bonds is 0. The van der Waals surface area contributed by atoms with Crippen LogP contribution in [0.5, 0.6) is 0 Å². The number of pyridine rings is 1. The zero-order valence-corrected chi connectivity index (χ0v) is 7.54. The molecule has 0 atom stereocenters. The lowest BCUT2D eigenvalue weighted by Crippen LogP contribution is -1.85. The lowest BCUT2D eigenvalue weighted by molar-refractivity contribution is 0.850. The Morgan fingerprint density at radius 1 is 1.55 bits per heavy atom. The van der Waals surface area contributed by atoms with Crippen LogP contribution >= 0.6 is 15.9 Å². The van der Waals surface area contributed by atoms with E-state index < -0.39 is 0 Å². The standard InChI is InChI=1S/C7H6BrN3/c1-5-2-3-11-6(4-5)7(8)9-10-11/h2-4H,1H3. The Morgan fingerprint density at radius 2 is 2.36 bits per heavy atom. The molecular formula is C7H6BrN3. The fourth-order valence-electron chi connectivity index (χ4n) is 0.969. The van der Waals surface area contributed by atoms with Crippen molar-refractivity contribution in [1.82, 2.24) is 14.8 Å². The number of hydrogen-bond donors (Lipinski definition) is 0. The maximum atomic E-state index is 3.88. The van der Waals surface area contributed by atoms with Gasteiger partial charge in [0.1, 0.15) is 5.52 Å². The van der Waals surface area contributed by atoms with Crippen molar-refractivity contribution < 1.29 is 0 Å². The molecule has 11 heavy (non-hydrogen) atoms. The third kappa shape index (κ3) is 1.03. The first-order valence-corrected chi connectivity index (χ1v) is 4.04. The van der Waals surface area contributed by atoms with Gasteiger partial charge in [-0.25, -0.2) is 4.52 Å². The second-order valence-corrected chi connectivity index (χ2v) is 3.17. The Labute approximate surface area is 72.2 Å². The first kappa shape index (κ1) is 6.79. The van der Waals surface area contributed by atoms with Crippen LogP contribution in [0.3, 0.4) is 0 Å². The van der Waals surface area contributed by atoms with Crippen molar-refractivity contribution in [1.29, 1.82) is 0 Å². The van der Waals surface area contributed by atoms with Crippen molar-refractivity contribution in [2.45, 2.75) is 6.92 Å². The molecule has 0 bridgehead atoms. The van der Waals surface area contributed by atoms with Crippen LogP contribution < -0.4 is 0 Å². The summed E-state index contributed by atoms with van der Waals surface area (Å²) in [4.78, 5) is 0. The summed E-state index contributed by atoms with van der Waals surface area (Å²) in [6.07, 6.45) is 1.89. The molecule has 0 N–H and O–H groups in total. The quantitative estimate of drug-likeness (QED) is 0.666. The summed E-state index contributed by atoms with van der Waals surface area (Å²) < 4.78 is 2.53. The smallest absolute Gasteiger partial charge is 0.156 e. The fraction of sp³-hybridized carbons (Fsp3) is 0.143. The highest BCUT2D eigenvalue weighted by atomic mass is 79.9. The molecule has 2 heterocycles. The Balaban J connectivity index is 2.87. The highest BCUT2D eigenvalue weighted by Crippen LogP contribution is 2.14. The van der Waals surface area contributed by atoms with Crippen molar-refractivity contribution in [3.63, 3.8) is 0 Å². The maximum Gasteiger partial charge on any atom is 0.156 e. The van der Waals surface area contributed by atoms with E-state index in [0.717, 1.165) is 10.1 Å². The molecule has 0 aliphatic carbocycles. The van der Waals surface area contributed by atoms with Crippen molar-refractivity contribution >= 4 is 21.4 Å². The minimum Gasteiger partial charge on any atom is -0.220 e. The predicted octanol–water partition coefficient (Wildman–Crippen LogP) is 1.80. The first-order valence-electron chi connectivity index (χ1n) is 3.24. The minimum absolute atomic E-state index is 0.793. The molecule has 0 radical (unpaired) electrons. The van der Waals surface area contributed by atoms with Gasteiger partial charge in [0.25, 0.3) is 0 Å². The van der Waals surface area contributed by atoms with E-state index in [4.69, 9.17) is 0 Å². The van der Waals surface area contributed by atoms with Crippen LogP contribution in [0.25, 0.3) is 5.52 Å². The molecule has 0 saturated carbocycles. The van der Waals surface area contributed by atoms with Crippen LogP contribution in [0.1, 0.15) is 5.56 Å². The normalized spacial score (nSPS) is 10.7. The first-order chi connectivity index (χ1) is 5.27. The number of fused-ring (bicyclic) bond motifs is 1. The lowest BCUT2D eigenvalue weighted by atomic mass is 10.3. The van der Waals surface area contributed by atoms with E-state index in [0.29, 0.717) is 0 Å². The zero-order chi connectivity index (χ0) is 7.84. The summed E-state index contributed by atoms with van der Waals surface area (Å²) in [5.74, 6) is 0. The Bertz CT molecular complexity index is 393. The van der Waals surface area contributed by atoms with Crippen LogP contribution in [0.15, 0.2) is 22.9 Å². The van der Waals surface area contributed by atoms with E-state index in [1.807, 2.05) is 25.3 Å². The van der Waals surface area contributed by atoms with Crippen LogP contribution in [-0.4, -0.2) is 14.8 Å². The molecule has 56 valence electrons. The number of aromatic nitrogens is 3. The number of nitrogens with zero attached hydrogens (tertiary/aromatic N) is 3. The van der Waals surface area contributed by atoms with Gasteiger partial charge in [0.2, 0.25) is 0 Å². The molecular weight excluding hydrogens is 206 g/mol. The number of halogens is 1. The van der Waals surface area contributed by atoms with Crippen molar-refractivity contribution in [2.24, 2.45) is 0 Å². The number of aryl methyl sites for hydroxylation is 1. The van der Waals surface area contributed by atoms with Gasteiger partial charge in [-0.1, -0.05) is 5.21 Å². The second kappa shape index (κ2) is 2.30. The SMILES string of the molecule is Cc1ccn2nnc(Br)c2c1. The van der Waals surface area contributed by atoms with Gasteiger partial charge in [0.05, 0.1) is 0 Å². The van der Waals surface area contributed by atoms with Crippen LogP contribution in [-0.2, 0) is 0 Å². The summed E-state index contributed by atoms with van der Waals surface area (Å²) in [5.41, 5.74) is 2.21. The van der Waals surface area contributed by atoms with E-state index in [2.05, 4.69) is 26.2 Å². The molecule has 0 amide bonds. The summed E-state index contributed by atoms with van der Waals surface area (Å²) in [6, 6.07) is 4.03. The average Bonchev–Trinajstić information content (AvgIpc) is 2.33.